The Kier molecular flexibility index (Phi) is 8.05. The van der Waals surface area contributed by atoms with E-state index in [-0.39, 0.29) is 23.7 Å². The average molecular weight is 550 g/mol. The monoisotopic (exact) mass is 549 g/mol. The molecule has 206 valence electrons. The standard InChI is InChI=1S/C25H33F2N7O3S/c1-2-15-38(35,36)32-18-9-7-17(8-10-18)28-25-30-21(33-11-13-37-14-12-33)16-22(31-25)34-20-6-4-3-5-19(20)29-24(34)23(26)27/h3-6,16-18,23,32H,2,7-15H2,1H3,(H,28,30,31)/t17-,18-. The van der Waals surface area contributed by atoms with Gasteiger partial charge in [-0.15, -0.1) is 0 Å². The fraction of sp³-hybridized carbons (Fsp3) is 0.560. The lowest BCUT2D eigenvalue weighted by atomic mass is 9.92. The lowest BCUT2D eigenvalue weighted by molar-refractivity contribution is 0.122. The first-order valence-electron chi connectivity index (χ1n) is 13.1. The fourth-order valence-corrected chi connectivity index (χ4v) is 6.51. The van der Waals surface area contributed by atoms with Crippen LogP contribution in [0.5, 0.6) is 0 Å². The highest BCUT2D eigenvalue weighted by Crippen LogP contribution is 2.30. The van der Waals surface area contributed by atoms with Gasteiger partial charge in [0.2, 0.25) is 16.0 Å². The van der Waals surface area contributed by atoms with Crippen LogP contribution < -0.4 is 14.9 Å². The van der Waals surface area contributed by atoms with Gasteiger partial charge in [-0.2, -0.15) is 9.97 Å². The number of ether oxygens (including phenoxy) is 1. The first-order valence-corrected chi connectivity index (χ1v) is 14.7. The number of alkyl halides is 2. The van der Waals surface area contributed by atoms with Crippen LogP contribution in [0.2, 0.25) is 0 Å². The van der Waals surface area contributed by atoms with Crippen molar-refractivity contribution < 1.29 is 21.9 Å². The molecule has 0 spiro atoms. The van der Waals surface area contributed by atoms with E-state index in [1.165, 1.54) is 4.57 Å². The maximum absolute atomic E-state index is 14.1. The molecular weight excluding hydrogens is 516 g/mol. The van der Waals surface area contributed by atoms with E-state index in [9.17, 15) is 17.2 Å². The van der Waals surface area contributed by atoms with Crippen molar-refractivity contribution in [2.45, 2.75) is 57.5 Å². The maximum Gasteiger partial charge on any atom is 0.296 e. The van der Waals surface area contributed by atoms with Crippen LogP contribution in [0.15, 0.2) is 30.3 Å². The van der Waals surface area contributed by atoms with Crippen LogP contribution in [-0.4, -0.2) is 72.1 Å². The van der Waals surface area contributed by atoms with Crippen molar-refractivity contribution in [2.75, 3.05) is 42.3 Å². The molecule has 10 nitrogen and oxygen atoms in total. The van der Waals surface area contributed by atoms with E-state index in [0.717, 1.165) is 12.8 Å². The molecule has 5 rings (SSSR count). The van der Waals surface area contributed by atoms with E-state index in [1.54, 1.807) is 30.3 Å². The number of rotatable bonds is 9. The second-order valence-electron chi connectivity index (χ2n) is 9.73. The Morgan fingerprint density at radius 1 is 1.03 bits per heavy atom. The molecular formula is C25H33F2N7O3S. The van der Waals surface area contributed by atoms with Gasteiger partial charge in [-0.25, -0.2) is 26.9 Å². The van der Waals surface area contributed by atoms with Gasteiger partial charge in [0.15, 0.2) is 5.82 Å². The van der Waals surface area contributed by atoms with Crippen molar-refractivity contribution in [3.05, 3.63) is 36.2 Å². The minimum Gasteiger partial charge on any atom is -0.378 e. The summed E-state index contributed by atoms with van der Waals surface area (Å²) in [5.74, 6) is 1.04. The van der Waals surface area contributed by atoms with Crippen LogP contribution >= 0.6 is 0 Å². The van der Waals surface area contributed by atoms with Crippen molar-refractivity contribution in [1.82, 2.24) is 24.2 Å². The third kappa shape index (κ3) is 6.05. The zero-order chi connectivity index (χ0) is 26.7. The molecule has 1 saturated heterocycles. The number of hydrogen-bond donors (Lipinski definition) is 2. The van der Waals surface area contributed by atoms with E-state index < -0.39 is 16.4 Å². The smallest absolute Gasteiger partial charge is 0.296 e. The molecule has 2 N–H and O–H groups in total. The molecule has 3 aromatic rings. The molecule has 3 heterocycles. The molecule has 2 aromatic heterocycles. The maximum atomic E-state index is 14.1. The molecule has 2 fully saturated rings. The Hall–Kier alpha value is -2.90. The average Bonchev–Trinajstić information content (AvgIpc) is 3.30. The minimum absolute atomic E-state index is 0.0313. The number of fused-ring (bicyclic) bond motifs is 1. The first-order chi connectivity index (χ1) is 18.3. The quantitative estimate of drug-likeness (QED) is 0.416. The van der Waals surface area contributed by atoms with Gasteiger partial charge in [0.05, 0.1) is 30.0 Å². The minimum atomic E-state index is -3.27. The van der Waals surface area contributed by atoms with Gasteiger partial charge >= 0.3 is 0 Å². The summed E-state index contributed by atoms with van der Waals surface area (Å²) in [5.41, 5.74) is 1.01. The highest BCUT2D eigenvalue weighted by atomic mass is 32.2. The molecule has 13 heteroatoms. The Labute approximate surface area is 220 Å². The third-order valence-electron chi connectivity index (χ3n) is 6.92. The number of halogens is 2. The number of anilines is 2. The number of nitrogens with zero attached hydrogens (tertiary/aromatic N) is 5. The second-order valence-corrected chi connectivity index (χ2v) is 11.6. The Balaban J connectivity index is 1.43. The number of nitrogens with one attached hydrogen (secondary N) is 2. The van der Waals surface area contributed by atoms with Crippen LogP contribution in [0, 0.1) is 0 Å². The van der Waals surface area contributed by atoms with Gasteiger partial charge in [-0.1, -0.05) is 19.1 Å². The summed E-state index contributed by atoms with van der Waals surface area (Å²) in [5, 5.41) is 3.39. The predicted molar refractivity (Wildman–Crippen MR) is 142 cm³/mol. The van der Waals surface area contributed by atoms with Crippen molar-refractivity contribution in [3.63, 3.8) is 0 Å². The van der Waals surface area contributed by atoms with Gasteiger partial charge in [0.1, 0.15) is 11.6 Å². The van der Waals surface area contributed by atoms with Crippen LogP contribution in [0.4, 0.5) is 20.5 Å². The van der Waals surface area contributed by atoms with Gasteiger partial charge in [-0.05, 0) is 44.2 Å². The van der Waals surface area contributed by atoms with E-state index in [2.05, 4.69) is 24.9 Å². The lowest BCUT2D eigenvalue weighted by Gasteiger charge is -2.31. The van der Waals surface area contributed by atoms with Crippen LogP contribution in [-0.2, 0) is 14.8 Å². The molecule has 38 heavy (non-hydrogen) atoms. The normalized spacial score (nSPS) is 20.8. The number of imidazole rings is 1. The van der Waals surface area contributed by atoms with Crippen molar-refractivity contribution in [3.8, 4) is 5.82 Å². The summed E-state index contributed by atoms with van der Waals surface area (Å²) in [7, 11) is -3.27. The topological polar surface area (TPSA) is 114 Å². The van der Waals surface area contributed by atoms with E-state index in [1.807, 2.05) is 6.92 Å². The lowest BCUT2D eigenvalue weighted by Crippen LogP contribution is -2.41. The molecule has 0 radical (unpaired) electrons. The van der Waals surface area contributed by atoms with Crippen LogP contribution in [0.1, 0.15) is 51.3 Å². The summed E-state index contributed by atoms with van der Waals surface area (Å²) >= 11 is 0. The second kappa shape index (κ2) is 11.5. The Morgan fingerprint density at radius 2 is 1.71 bits per heavy atom. The SMILES string of the molecule is CCCS(=O)(=O)N[C@H]1CC[C@H](Nc2nc(N3CCOCC3)cc(-n3c(C(F)F)nc4ccccc43)n2)CC1. The predicted octanol–water partition coefficient (Wildman–Crippen LogP) is 3.64. The van der Waals surface area contributed by atoms with Crippen molar-refractivity contribution in [2.24, 2.45) is 0 Å². The molecule has 1 aromatic carbocycles. The van der Waals surface area contributed by atoms with Crippen molar-refractivity contribution in [1.29, 1.82) is 0 Å². The molecule has 0 atom stereocenters. The Morgan fingerprint density at radius 3 is 2.42 bits per heavy atom. The van der Waals surface area contributed by atoms with Gasteiger partial charge in [0.25, 0.3) is 6.43 Å². The number of morpholine rings is 1. The third-order valence-corrected chi connectivity index (χ3v) is 8.56. The van der Waals surface area contributed by atoms with E-state index in [4.69, 9.17) is 9.72 Å². The van der Waals surface area contributed by atoms with Crippen LogP contribution in [0.3, 0.4) is 0 Å². The van der Waals surface area contributed by atoms with Crippen molar-refractivity contribution >= 4 is 32.8 Å². The van der Waals surface area contributed by atoms with E-state index in [0.29, 0.717) is 74.2 Å². The van der Waals surface area contributed by atoms with Gasteiger partial charge < -0.3 is 15.0 Å². The molecule has 1 aliphatic heterocycles. The molecule has 1 saturated carbocycles. The highest BCUT2D eigenvalue weighted by molar-refractivity contribution is 7.89. The number of hydrogen-bond acceptors (Lipinski definition) is 8. The number of benzene rings is 1. The summed E-state index contributed by atoms with van der Waals surface area (Å²) in [6.45, 7) is 4.21. The largest absolute Gasteiger partial charge is 0.378 e. The highest BCUT2D eigenvalue weighted by Gasteiger charge is 2.27. The molecule has 0 amide bonds. The summed E-state index contributed by atoms with van der Waals surface area (Å²) < 4.78 is 62.1. The number of sulfonamides is 1. The number of para-hydroxylation sites is 2. The summed E-state index contributed by atoms with van der Waals surface area (Å²) in [6.07, 6.45) is 0.639. The summed E-state index contributed by atoms with van der Waals surface area (Å²) in [6, 6.07) is 8.66. The molecule has 1 aliphatic carbocycles. The van der Waals surface area contributed by atoms with Gasteiger partial charge in [-0.3, -0.25) is 4.57 Å². The van der Waals surface area contributed by atoms with Gasteiger partial charge in [0, 0.05) is 31.2 Å². The fourth-order valence-electron chi connectivity index (χ4n) is 5.11. The molecule has 2 aliphatic rings. The van der Waals surface area contributed by atoms with E-state index >= 15 is 0 Å². The number of aromatic nitrogens is 4. The molecule has 0 unspecified atom stereocenters. The summed E-state index contributed by atoms with van der Waals surface area (Å²) in [4.78, 5) is 15.6. The first kappa shape index (κ1) is 26.7. The molecule has 0 bridgehead atoms. The van der Waals surface area contributed by atoms with Crippen LogP contribution in [0.25, 0.3) is 16.9 Å². The zero-order valence-electron chi connectivity index (χ0n) is 21.3. The zero-order valence-corrected chi connectivity index (χ0v) is 22.1. The Bertz CT molecular complexity index is 1350.